The first-order valence-corrected chi connectivity index (χ1v) is 8.75. The molecule has 7 heteroatoms. The highest BCUT2D eigenvalue weighted by Crippen LogP contribution is 2.28. The van der Waals surface area contributed by atoms with Crippen LogP contribution in [-0.2, 0) is 4.79 Å². The molecule has 0 spiro atoms. The molecule has 3 rings (SSSR count). The van der Waals surface area contributed by atoms with E-state index in [4.69, 9.17) is 9.15 Å². The van der Waals surface area contributed by atoms with E-state index >= 15 is 0 Å². The molecule has 2 aromatic rings. The normalized spacial score (nSPS) is 14.2. The molecule has 0 bridgehead atoms. The highest BCUT2D eigenvalue weighted by atomic mass is 16.5. The molecule has 26 heavy (non-hydrogen) atoms. The second-order valence-corrected chi connectivity index (χ2v) is 5.93. The zero-order valence-electron chi connectivity index (χ0n) is 14.8. The van der Waals surface area contributed by atoms with E-state index in [2.05, 4.69) is 10.2 Å². The highest BCUT2D eigenvalue weighted by Gasteiger charge is 2.23. The minimum absolute atomic E-state index is 0.0327. The van der Waals surface area contributed by atoms with Crippen LogP contribution in [0.2, 0.25) is 0 Å². The van der Waals surface area contributed by atoms with Gasteiger partial charge in [-0.3, -0.25) is 9.59 Å². The number of hydrogen-bond donors (Lipinski definition) is 1. The number of carbonyl (C=O) groups is 2. The van der Waals surface area contributed by atoms with Crippen molar-refractivity contribution in [3.63, 3.8) is 0 Å². The fourth-order valence-electron chi connectivity index (χ4n) is 2.96. The molecule has 2 amide bonds. The standard InChI is InChI=1S/C19H23N3O4/c1-2-25-16-7-4-3-6-15(16)21-9-11-22(12-10-21)18(23)14-20-19(24)17-8-5-13-26-17/h3-8,13H,2,9-12,14H2,1H3,(H,20,24). The quantitative estimate of drug-likeness (QED) is 0.853. The molecule has 1 N–H and O–H groups in total. The van der Waals surface area contributed by atoms with E-state index < -0.39 is 0 Å². The Kier molecular flexibility index (Phi) is 5.78. The summed E-state index contributed by atoms with van der Waals surface area (Å²) in [4.78, 5) is 28.1. The lowest BCUT2D eigenvalue weighted by molar-refractivity contribution is -0.130. The van der Waals surface area contributed by atoms with Gasteiger partial charge in [0.05, 0.1) is 25.1 Å². The van der Waals surface area contributed by atoms with E-state index in [1.54, 1.807) is 17.0 Å². The van der Waals surface area contributed by atoms with Gasteiger partial charge in [0.1, 0.15) is 5.75 Å². The number of para-hydroxylation sites is 2. The monoisotopic (exact) mass is 357 g/mol. The summed E-state index contributed by atoms with van der Waals surface area (Å²) in [5.41, 5.74) is 1.05. The van der Waals surface area contributed by atoms with Crippen molar-refractivity contribution in [2.24, 2.45) is 0 Å². The van der Waals surface area contributed by atoms with Crippen LogP contribution in [0.3, 0.4) is 0 Å². The first kappa shape index (κ1) is 17.8. The second kappa shape index (κ2) is 8.42. The molecular weight excluding hydrogens is 334 g/mol. The Balaban J connectivity index is 1.50. The minimum atomic E-state index is -0.382. The van der Waals surface area contributed by atoms with Crippen molar-refractivity contribution >= 4 is 17.5 Å². The van der Waals surface area contributed by atoms with Gasteiger partial charge in [-0.05, 0) is 31.2 Å². The van der Waals surface area contributed by atoms with Gasteiger partial charge in [0, 0.05) is 26.2 Å². The van der Waals surface area contributed by atoms with Crippen LogP contribution in [0.15, 0.2) is 47.1 Å². The lowest BCUT2D eigenvalue weighted by Crippen LogP contribution is -2.51. The molecule has 1 aliphatic rings. The predicted molar refractivity (Wildman–Crippen MR) is 97.4 cm³/mol. The summed E-state index contributed by atoms with van der Waals surface area (Å²) < 4.78 is 10.7. The van der Waals surface area contributed by atoms with Gasteiger partial charge in [0.2, 0.25) is 5.91 Å². The SMILES string of the molecule is CCOc1ccccc1N1CCN(C(=O)CNC(=O)c2ccco2)CC1. The van der Waals surface area contributed by atoms with Crippen molar-refractivity contribution in [3.05, 3.63) is 48.4 Å². The Morgan fingerprint density at radius 3 is 2.58 bits per heavy atom. The number of benzene rings is 1. The van der Waals surface area contributed by atoms with Crippen LogP contribution >= 0.6 is 0 Å². The largest absolute Gasteiger partial charge is 0.492 e. The molecule has 0 aliphatic carbocycles. The molecule has 0 saturated carbocycles. The molecular formula is C19H23N3O4. The molecule has 1 fully saturated rings. The summed E-state index contributed by atoms with van der Waals surface area (Å²) in [5, 5.41) is 2.59. The molecule has 138 valence electrons. The number of nitrogens with zero attached hydrogens (tertiary/aromatic N) is 2. The van der Waals surface area contributed by atoms with Crippen LogP contribution in [0.5, 0.6) is 5.75 Å². The fraction of sp³-hybridized carbons (Fsp3) is 0.368. The lowest BCUT2D eigenvalue weighted by Gasteiger charge is -2.36. The Morgan fingerprint density at radius 2 is 1.88 bits per heavy atom. The molecule has 1 aromatic heterocycles. The number of hydrogen-bond acceptors (Lipinski definition) is 5. The number of ether oxygens (including phenoxy) is 1. The third-order valence-electron chi connectivity index (χ3n) is 4.28. The number of anilines is 1. The van der Waals surface area contributed by atoms with Gasteiger partial charge in [-0.15, -0.1) is 0 Å². The van der Waals surface area contributed by atoms with Crippen molar-refractivity contribution in [3.8, 4) is 5.75 Å². The summed E-state index contributed by atoms with van der Waals surface area (Å²) in [6.07, 6.45) is 1.43. The van der Waals surface area contributed by atoms with Gasteiger partial charge in [-0.25, -0.2) is 0 Å². The molecule has 1 saturated heterocycles. The minimum Gasteiger partial charge on any atom is -0.492 e. The van der Waals surface area contributed by atoms with Crippen LogP contribution in [0.25, 0.3) is 0 Å². The summed E-state index contributed by atoms with van der Waals surface area (Å²) >= 11 is 0. The van der Waals surface area contributed by atoms with E-state index in [1.165, 1.54) is 6.26 Å². The maximum Gasteiger partial charge on any atom is 0.287 e. The van der Waals surface area contributed by atoms with Gasteiger partial charge < -0.3 is 24.3 Å². The zero-order valence-corrected chi connectivity index (χ0v) is 14.8. The molecule has 7 nitrogen and oxygen atoms in total. The summed E-state index contributed by atoms with van der Waals surface area (Å²) in [6, 6.07) is 11.1. The van der Waals surface area contributed by atoms with E-state index in [9.17, 15) is 9.59 Å². The molecule has 1 aliphatic heterocycles. The number of rotatable bonds is 6. The van der Waals surface area contributed by atoms with Gasteiger partial charge in [-0.2, -0.15) is 0 Å². The van der Waals surface area contributed by atoms with Crippen molar-refractivity contribution < 1.29 is 18.7 Å². The van der Waals surface area contributed by atoms with Crippen LogP contribution in [0.1, 0.15) is 17.5 Å². The number of furan rings is 1. The first-order chi connectivity index (χ1) is 12.7. The average Bonchev–Trinajstić information content (AvgIpc) is 3.22. The average molecular weight is 357 g/mol. The summed E-state index contributed by atoms with van der Waals surface area (Å²) in [5.74, 6) is 0.589. The third-order valence-corrected chi connectivity index (χ3v) is 4.28. The number of nitrogens with one attached hydrogen (secondary N) is 1. The maximum absolute atomic E-state index is 12.3. The van der Waals surface area contributed by atoms with Gasteiger partial charge in [0.15, 0.2) is 5.76 Å². The van der Waals surface area contributed by atoms with E-state index in [0.29, 0.717) is 19.7 Å². The van der Waals surface area contributed by atoms with Crippen LogP contribution in [0.4, 0.5) is 5.69 Å². The Hall–Kier alpha value is -2.96. The first-order valence-electron chi connectivity index (χ1n) is 8.75. The molecule has 0 atom stereocenters. The number of carbonyl (C=O) groups excluding carboxylic acids is 2. The second-order valence-electron chi connectivity index (χ2n) is 5.93. The van der Waals surface area contributed by atoms with Crippen molar-refractivity contribution in [1.29, 1.82) is 0 Å². The van der Waals surface area contributed by atoms with Crippen molar-refractivity contribution in [1.82, 2.24) is 10.2 Å². The lowest BCUT2D eigenvalue weighted by atomic mass is 10.2. The van der Waals surface area contributed by atoms with Crippen molar-refractivity contribution in [2.75, 3.05) is 44.2 Å². The summed E-state index contributed by atoms with van der Waals surface area (Å²) in [7, 11) is 0. The van der Waals surface area contributed by atoms with Crippen LogP contribution in [0, 0.1) is 0 Å². The molecule has 0 radical (unpaired) electrons. The van der Waals surface area contributed by atoms with E-state index in [-0.39, 0.29) is 24.1 Å². The van der Waals surface area contributed by atoms with E-state index in [1.807, 2.05) is 31.2 Å². The maximum atomic E-state index is 12.3. The Morgan fingerprint density at radius 1 is 1.12 bits per heavy atom. The van der Waals surface area contributed by atoms with Gasteiger partial charge >= 0.3 is 0 Å². The Labute approximate surface area is 152 Å². The zero-order chi connectivity index (χ0) is 18.4. The number of amides is 2. The van der Waals surface area contributed by atoms with Crippen molar-refractivity contribution in [2.45, 2.75) is 6.92 Å². The van der Waals surface area contributed by atoms with E-state index in [0.717, 1.165) is 24.5 Å². The van der Waals surface area contributed by atoms with Gasteiger partial charge in [0.25, 0.3) is 5.91 Å². The van der Waals surface area contributed by atoms with Crippen LogP contribution in [-0.4, -0.2) is 56.0 Å². The van der Waals surface area contributed by atoms with Crippen LogP contribution < -0.4 is 15.0 Å². The number of piperazine rings is 1. The predicted octanol–water partition coefficient (Wildman–Crippen LogP) is 1.76. The molecule has 2 heterocycles. The third kappa shape index (κ3) is 4.17. The highest BCUT2D eigenvalue weighted by molar-refractivity contribution is 5.94. The molecule has 0 unspecified atom stereocenters. The molecule has 1 aromatic carbocycles. The topological polar surface area (TPSA) is 75.0 Å². The smallest absolute Gasteiger partial charge is 0.287 e. The Bertz CT molecular complexity index is 737. The fourth-order valence-corrected chi connectivity index (χ4v) is 2.96. The van der Waals surface area contributed by atoms with Gasteiger partial charge in [-0.1, -0.05) is 12.1 Å². The summed E-state index contributed by atoms with van der Waals surface area (Å²) in [6.45, 7) is 5.21.